The summed E-state index contributed by atoms with van der Waals surface area (Å²) in [4.78, 5) is 37.2. The zero-order valence-corrected chi connectivity index (χ0v) is 30.8. The number of anilines is 2. The summed E-state index contributed by atoms with van der Waals surface area (Å²) in [6.07, 6.45) is 7.77. The van der Waals surface area contributed by atoms with Gasteiger partial charge in [-0.25, -0.2) is 17.6 Å². The summed E-state index contributed by atoms with van der Waals surface area (Å²) in [6.45, 7) is 8.22. The third kappa shape index (κ3) is 17.0. The van der Waals surface area contributed by atoms with Gasteiger partial charge in [0.2, 0.25) is 19.3 Å². The maximum absolute atomic E-state index is 13.8. The van der Waals surface area contributed by atoms with Gasteiger partial charge in [0.15, 0.2) is 0 Å². The average molecular weight is 733 g/mol. The highest BCUT2D eigenvalue weighted by Gasteiger charge is 2.37. The van der Waals surface area contributed by atoms with Crippen LogP contribution in [0, 0.1) is 11.3 Å². The average Bonchev–Trinajstić information content (AvgIpc) is 3.06. The number of hydrogen-bond donors (Lipinski definition) is 4. The minimum absolute atomic E-state index is 0.187. The van der Waals surface area contributed by atoms with Gasteiger partial charge in [0.25, 0.3) is 11.8 Å². The van der Waals surface area contributed by atoms with E-state index < -0.39 is 24.7 Å². The van der Waals surface area contributed by atoms with Crippen LogP contribution in [-0.4, -0.2) is 50.3 Å². The van der Waals surface area contributed by atoms with Crippen molar-refractivity contribution >= 4 is 41.2 Å². The van der Waals surface area contributed by atoms with Crippen molar-refractivity contribution in [2.24, 2.45) is 11.3 Å². The van der Waals surface area contributed by atoms with Crippen molar-refractivity contribution < 1.29 is 36.3 Å². The van der Waals surface area contributed by atoms with Gasteiger partial charge in [-0.15, -0.1) is 0 Å². The van der Waals surface area contributed by atoms with Gasteiger partial charge in [-0.1, -0.05) is 64.6 Å². The van der Waals surface area contributed by atoms with E-state index in [0.717, 1.165) is 32.6 Å². The molecule has 0 spiro atoms. The molecule has 0 radical (unpaired) electrons. The van der Waals surface area contributed by atoms with Crippen LogP contribution in [0.4, 0.5) is 33.3 Å². The van der Waals surface area contributed by atoms with Crippen LogP contribution in [0.3, 0.4) is 0 Å². The third-order valence-corrected chi connectivity index (χ3v) is 8.26. The Morgan fingerprint density at radius 2 is 1.40 bits per heavy atom. The molecule has 0 aromatic heterocycles. The summed E-state index contributed by atoms with van der Waals surface area (Å²) in [6, 6.07) is 10.2. The van der Waals surface area contributed by atoms with E-state index in [0.29, 0.717) is 67.2 Å². The molecular formula is C37H54ClF5N4O3. The van der Waals surface area contributed by atoms with E-state index in [1.54, 1.807) is 36.4 Å². The number of carbonyl (C=O) groups excluding carboxylic acids is 3. The smallest absolute Gasteiger partial charge is 0.257 e. The third-order valence-electron chi connectivity index (χ3n) is 7.93. The van der Waals surface area contributed by atoms with E-state index in [-0.39, 0.29) is 35.1 Å². The molecule has 4 N–H and O–H groups in total. The minimum atomic E-state index is -2.72. The van der Waals surface area contributed by atoms with Gasteiger partial charge in [-0.2, -0.15) is 0 Å². The fraction of sp³-hybridized carbons (Fsp3) is 0.595. The van der Waals surface area contributed by atoms with Gasteiger partial charge in [-0.05, 0) is 86.8 Å². The van der Waals surface area contributed by atoms with Crippen molar-refractivity contribution in [1.82, 2.24) is 10.6 Å². The fourth-order valence-corrected chi connectivity index (χ4v) is 5.83. The Hall–Kier alpha value is -3.41. The van der Waals surface area contributed by atoms with Crippen LogP contribution in [0.1, 0.15) is 119 Å². The Morgan fingerprint density at radius 3 is 1.94 bits per heavy atom. The summed E-state index contributed by atoms with van der Waals surface area (Å²) < 4.78 is 56.3. The predicted octanol–water partition coefficient (Wildman–Crippen LogP) is 10.0. The van der Waals surface area contributed by atoms with Crippen molar-refractivity contribution in [2.45, 2.75) is 117 Å². The molecular weight excluding hydrogens is 679 g/mol. The highest BCUT2D eigenvalue weighted by Crippen LogP contribution is 2.36. The SMILES string of the molecule is CC(C)(C)C.CC(F)(F)C1CCC(NC(=O)c2cc(NC(=O)c3cc(CNC=O)ccc3Cl)ccc2NC2CCCCC2)CC1.CF.FCF. The highest BCUT2D eigenvalue weighted by atomic mass is 35.5. The van der Waals surface area contributed by atoms with E-state index in [9.17, 15) is 36.3 Å². The molecule has 4 rings (SSSR count). The number of amides is 3. The first-order valence-corrected chi connectivity index (χ1v) is 17.3. The Morgan fingerprint density at radius 1 is 0.820 bits per heavy atom. The van der Waals surface area contributed by atoms with Crippen LogP contribution in [-0.2, 0) is 11.3 Å². The first-order valence-electron chi connectivity index (χ1n) is 16.9. The molecule has 50 heavy (non-hydrogen) atoms. The summed E-state index contributed by atoms with van der Waals surface area (Å²) in [5.74, 6) is -4.13. The van der Waals surface area contributed by atoms with E-state index in [1.807, 2.05) is 0 Å². The van der Waals surface area contributed by atoms with Gasteiger partial charge in [-0.3, -0.25) is 18.8 Å². The molecule has 2 aliphatic carbocycles. The lowest BCUT2D eigenvalue weighted by atomic mass is 9.82. The zero-order valence-electron chi connectivity index (χ0n) is 30.0. The lowest BCUT2D eigenvalue weighted by molar-refractivity contribution is -0.109. The second-order valence-corrected chi connectivity index (χ2v) is 14.5. The molecule has 0 bridgehead atoms. The van der Waals surface area contributed by atoms with Gasteiger partial charge in [0.05, 0.1) is 23.3 Å². The molecule has 2 aromatic carbocycles. The summed E-state index contributed by atoms with van der Waals surface area (Å²) >= 11 is 6.28. The molecule has 2 aromatic rings. The van der Waals surface area contributed by atoms with E-state index >= 15 is 0 Å². The molecule has 13 heteroatoms. The molecule has 7 nitrogen and oxygen atoms in total. The number of nitrogens with one attached hydrogen (secondary N) is 4. The zero-order chi connectivity index (χ0) is 37.9. The second kappa shape index (κ2) is 22.4. The molecule has 2 aliphatic rings. The fourth-order valence-electron chi connectivity index (χ4n) is 5.62. The van der Waals surface area contributed by atoms with Crippen LogP contribution in [0.15, 0.2) is 36.4 Å². The van der Waals surface area contributed by atoms with Crippen LogP contribution in [0.5, 0.6) is 0 Å². The Bertz CT molecular complexity index is 1320. The van der Waals surface area contributed by atoms with Crippen molar-refractivity contribution in [2.75, 3.05) is 24.7 Å². The summed E-state index contributed by atoms with van der Waals surface area (Å²) in [5.41, 5.74) is 2.94. The molecule has 282 valence electrons. The van der Waals surface area contributed by atoms with Gasteiger partial charge < -0.3 is 21.3 Å². The van der Waals surface area contributed by atoms with E-state index in [4.69, 9.17) is 11.6 Å². The molecule has 0 unspecified atom stereocenters. The number of carbonyl (C=O) groups is 3. The maximum atomic E-state index is 13.8. The largest absolute Gasteiger partial charge is 0.382 e. The molecule has 3 amide bonds. The minimum Gasteiger partial charge on any atom is -0.382 e. The van der Waals surface area contributed by atoms with Gasteiger partial charge in [0, 0.05) is 35.9 Å². The van der Waals surface area contributed by atoms with Crippen molar-refractivity contribution in [1.29, 1.82) is 0 Å². The Labute approximate surface area is 298 Å². The second-order valence-electron chi connectivity index (χ2n) is 14.1. The van der Waals surface area contributed by atoms with E-state index in [1.165, 1.54) is 6.42 Å². The maximum Gasteiger partial charge on any atom is 0.257 e. The molecule has 0 aliphatic heterocycles. The predicted molar refractivity (Wildman–Crippen MR) is 192 cm³/mol. The van der Waals surface area contributed by atoms with Crippen molar-refractivity contribution in [3.63, 3.8) is 0 Å². The van der Waals surface area contributed by atoms with Crippen LogP contribution < -0.4 is 21.3 Å². The molecule has 0 saturated heterocycles. The monoisotopic (exact) mass is 732 g/mol. The lowest BCUT2D eigenvalue weighted by Gasteiger charge is -2.32. The first-order chi connectivity index (χ1) is 23.5. The number of alkyl halides is 5. The quantitative estimate of drug-likeness (QED) is 0.144. The summed E-state index contributed by atoms with van der Waals surface area (Å²) in [5, 5.41) is 12.2. The molecule has 2 saturated carbocycles. The molecule has 0 atom stereocenters. The lowest BCUT2D eigenvalue weighted by Crippen LogP contribution is -2.40. The Kier molecular flexibility index (Phi) is 20.0. The van der Waals surface area contributed by atoms with Crippen LogP contribution in [0.25, 0.3) is 0 Å². The first kappa shape index (κ1) is 44.6. The normalized spacial score (nSPS) is 17.6. The van der Waals surface area contributed by atoms with Crippen LogP contribution >= 0.6 is 11.6 Å². The van der Waals surface area contributed by atoms with Crippen LogP contribution in [0.2, 0.25) is 5.02 Å². The van der Waals surface area contributed by atoms with Gasteiger partial charge >= 0.3 is 0 Å². The van der Waals surface area contributed by atoms with Gasteiger partial charge in [0.1, 0.15) is 0 Å². The number of rotatable bonds is 10. The number of benzene rings is 2. The topological polar surface area (TPSA) is 99.3 Å². The standard InChI is InChI=1S/C30H37ClF2N4O3.C5H12.CH2F2.CH3F/c1-30(32,33)20-8-10-22(11-9-20)36-29(40)25-16-23(12-14-27(25)35-21-5-3-2-4-6-21)37-28(39)24-15-19(17-34-18-38)7-13-26(24)31;1-5(2,3)4;2-1-3;1-2/h7,12-16,18,20-22,35H,2-6,8-11,17H2,1H3,(H,34,38)(H,36,40)(H,37,39);1-4H3;1H2;1H3. The molecule has 0 heterocycles. The van der Waals surface area contributed by atoms with Crippen molar-refractivity contribution in [3.05, 3.63) is 58.1 Å². The van der Waals surface area contributed by atoms with Crippen molar-refractivity contribution in [3.8, 4) is 0 Å². The molecule has 2 fully saturated rings. The number of hydrogen-bond acceptors (Lipinski definition) is 4. The highest BCUT2D eigenvalue weighted by molar-refractivity contribution is 6.34. The van der Waals surface area contributed by atoms with E-state index in [2.05, 4.69) is 49.0 Å². The number of halogens is 6. The summed E-state index contributed by atoms with van der Waals surface area (Å²) in [7, 11) is 0.500. The Balaban J connectivity index is 0.00000111.